The molecular weight excluding hydrogens is 406 g/mol. The number of ether oxygens (including phenoxy) is 1. The Morgan fingerprint density at radius 1 is 0.903 bits per heavy atom. The Kier molecular flexibility index (Phi) is 5.63. The van der Waals surface area contributed by atoms with Crippen molar-refractivity contribution in [2.45, 2.75) is 25.9 Å². The molecule has 1 aliphatic heterocycles. The first-order chi connectivity index (χ1) is 15.3. The summed E-state index contributed by atoms with van der Waals surface area (Å²) in [6.07, 6.45) is 3.32. The minimum Gasteiger partial charge on any atom is -0.489 e. The molecule has 0 saturated carbocycles. The molecule has 4 aromatic rings. The Labute approximate surface area is 187 Å². The van der Waals surface area contributed by atoms with Crippen molar-refractivity contribution >= 4 is 17.4 Å². The van der Waals surface area contributed by atoms with Crippen molar-refractivity contribution in [2.75, 3.05) is 11.9 Å². The van der Waals surface area contributed by atoms with Crippen LogP contribution in [-0.2, 0) is 13.0 Å². The van der Waals surface area contributed by atoms with Gasteiger partial charge < -0.3 is 10.1 Å². The SMILES string of the molecule is Clc1ccc(-c2nn(-c3ccc(OCc4ccccc4)cc3)c3c2CCCCN3)cc1. The van der Waals surface area contributed by atoms with Gasteiger partial charge in [0.15, 0.2) is 0 Å². The molecule has 0 radical (unpaired) electrons. The maximum atomic E-state index is 6.10. The monoisotopic (exact) mass is 429 g/mol. The van der Waals surface area contributed by atoms with Crippen LogP contribution in [0.3, 0.4) is 0 Å². The van der Waals surface area contributed by atoms with E-state index in [1.54, 1.807) is 0 Å². The molecule has 0 aliphatic carbocycles. The molecule has 0 saturated heterocycles. The molecule has 2 heterocycles. The molecule has 5 rings (SSSR count). The number of fused-ring (bicyclic) bond motifs is 1. The third kappa shape index (κ3) is 4.30. The van der Waals surface area contributed by atoms with E-state index in [0.29, 0.717) is 6.61 Å². The van der Waals surface area contributed by atoms with Crippen LogP contribution in [0.5, 0.6) is 5.75 Å². The van der Waals surface area contributed by atoms with Gasteiger partial charge in [0.05, 0.1) is 11.4 Å². The van der Waals surface area contributed by atoms with Gasteiger partial charge in [-0.2, -0.15) is 5.10 Å². The van der Waals surface area contributed by atoms with Gasteiger partial charge in [-0.3, -0.25) is 0 Å². The summed E-state index contributed by atoms with van der Waals surface area (Å²) in [6.45, 7) is 1.51. The van der Waals surface area contributed by atoms with Crippen LogP contribution >= 0.6 is 11.6 Å². The van der Waals surface area contributed by atoms with Crippen molar-refractivity contribution in [3.8, 4) is 22.7 Å². The molecule has 1 aromatic heterocycles. The van der Waals surface area contributed by atoms with Crippen molar-refractivity contribution in [3.05, 3.63) is 95.0 Å². The van der Waals surface area contributed by atoms with Gasteiger partial charge in [0.25, 0.3) is 0 Å². The number of nitrogens with zero attached hydrogens (tertiary/aromatic N) is 2. The van der Waals surface area contributed by atoms with Crippen LogP contribution in [0, 0.1) is 0 Å². The smallest absolute Gasteiger partial charge is 0.133 e. The van der Waals surface area contributed by atoms with E-state index in [1.165, 1.54) is 5.56 Å². The summed E-state index contributed by atoms with van der Waals surface area (Å²) >= 11 is 6.10. The first-order valence-electron chi connectivity index (χ1n) is 10.7. The lowest BCUT2D eigenvalue weighted by Crippen LogP contribution is -2.07. The molecule has 0 atom stereocenters. The third-order valence-corrected chi connectivity index (χ3v) is 5.83. The summed E-state index contributed by atoms with van der Waals surface area (Å²) in [5, 5.41) is 9.33. The van der Waals surface area contributed by atoms with Crippen LogP contribution in [0.25, 0.3) is 16.9 Å². The van der Waals surface area contributed by atoms with Crippen LogP contribution in [0.4, 0.5) is 5.82 Å². The van der Waals surface area contributed by atoms with Crippen molar-refractivity contribution in [1.82, 2.24) is 9.78 Å². The van der Waals surface area contributed by atoms with Gasteiger partial charge in [-0.25, -0.2) is 4.68 Å². The van der Waals surface area contributed by atoms with Gasteiger partial charge >= 0.3 is 0 Å². The molecule has 4 nitrogen and oxygen atoms in total. The number of nitrogens with one attached hydrogen (secondary N) is 1. The maximum absolute atomic E-state index is 6.10. The molecular formula is C26H24ClN3O. The second kappa shape index (κ2) is 8.86. The Balaban J connectivity index is 1.44. The van der Waals surface area contributed by atoms with Crippen LogP contribution in [-0.4, -0.2) is 16.3 Å². The van der Waals surface area contributed by atoms with Gasteiger partial charge in [0.1, 0.15) is 18.2 Å². The number of anilines is 1. The van der Waals surface area contributed by atoms with E-state index < -0.39 is 0 Å². The molecule has 0 bridgehead atoms. The van der Waals surface area contributed by atoms with E-state index in [9.17, 15) is 0 Å². The Morgan fingerprint density at radius 3 is 2.45 bits per heavy atom. The quantitative estimate of drug-likeness (QED) is 0.392. The number of halogens is 1. The fraction of sp³-hybridized carbons (Fsp3) is 0.192. The third-order valence-electron chi connectivity index (χ3n) is 5.58. The fourth-order valence-electron chi connectivity index (χ4n) is 3.95. The van der Waals surface area contributed by atoms with E-state index in [-0.39, 0.29) is 0 Å². The van der Waals surface area contributed by atoms with Crippen molar-refractivity contribution in [1.29, 1.82) is 0 Å². The molecule has 156 valence electrons. The summed E-state index contributed by atoms with van der Waals surface area (Å²) in [4.78, 5) is 0. The number of hydrogen-bond donors (Lipinski definition) is 1. The summed E-state index contributed by atoms with van der Waals surface area (Å²) in [5.41, 5.74) is 5.54. The molecule has 0 amide bonds. The number of rotatable bonds is 5. The Morgan fingerprint density at radius 2 is 1.68 bits per heavy atom. The van der Waals surface area contributed by atoms with Gasteiger partial charge in [0.2, 0.25) is 0 Å². The minimum absolute atomic E-state index is 0.555. The predicted molar refractivity (Wildman–Crippen MR) is 126 cm³/mol. The zero-order valence-corrected chi connectivity index (χ0v) is 18.0. The first kappa shape index (κ1) is 19.7. The van der Waals surface area contributed by atoms with Gasteiger partial charge in [0, 0.05) is 22.7 Å². The zero-order valence-electron chi connectivity index (χ0n) is 17.2. The van der Waals surface area contributed by atoms with Crippen LogP contribution < -0.4 is 10.1 Å². The van der Waals surface area contributed by atoms with Crippen molar-refractivity contribution in [3.63, 3.8) is 0 Å². The Bertz CT molecular complexity index is 1150. The number of hydrogen-bond acceptors (Lipinski definition) is 3. The van der Waals surface area contributed by atoms with Gasteiger partial charge in [-0.05, 0) is 61.2 Å². The van der Waals surface area contributed by atoms with E-state index in [0.717, 1.165) is 64.9 Å². The van der Waals surface area contributed by atoms with Crippen LogP contribution in [0.1, 0.15) is 24.0 Å². The molecule has 31 heavy (non-hydrogen) atoms. The highest BCUT2D eigenvalue weighted by Crippen LogP contribution is 2.34. The summed E-state index contributed by atoms with van der Waals surface area (Å²) in [7, 11) is 0. The lowest BCUT2D eigenvalue weighted by Gasteiger charge is -2.11. The van der Waals surface area contributed by atoms with E-state index in [4.69, 9.17) is 21.4 Å². The molecule has 0 spiro atoms. The minimum atomic E-state index is 0.555. The number of benzene rings is 3. The van der Waals surface area contributed by atoms with E-state index >= 15 is 0 Å². The normalized spacial score (nSPS) is 13.2. The summed E-state index contributed by atoms with van der Waals surface area (Å²) in [5.74, 6) is 1.93. The van der Waals surface area contributed by atoms with E-state index in [1.807, 2.05) is 59.3 Å². The topological polar surface area (TPSA) is 39.1 Å². The fourth-order valence-corrected chi connectivity index (χ4v) is 4.08. The largest absolute Gasteiger partial charge is 0.489 e. The molecule has 0 fully saturated rings. The molecule has 0 unspecified atom stereocenters. The highest BCUT2D eigenvalue weighted by molar-refractivity contribution is 6.30. The summed E-state index contributed by atoms with van der Waals surface area (Å²) in [6, 6.07) is 26.3. The molecule has 3 aromatic carbocycles. The van der Waals surface area contributed by atoms with Gasteiger partial charge in [-0.1, -0.05) is 54.1 Å². The van der Waals surface area contributed by atoms with Crippen molar-refractivity contribution in [2.24, 2.45) is 0 Å². The van der Waals surface area contributed by atoms with Gasteiger partial charge in [-0.15, -0.1) is 0 Å². The van der Waals surface area contributed by atoms with E-state index in [2.05, 4.69) is 29.6 Å². The average Bonchev–Trinajstić information content (AvgIpc) is 3.00. The lowest BCUT2D eigenvalue weighted by atomic mass is 10.0. The van der Waals surface area contributed by atoms with Crippen LogP contribution in [0.15, 0.2) is 78.9 Å². The van der Waals surface area contributed by atoms with Crippen molar-refractivity contribution < 1.29 is 4.74 Å². The zero-order chi connectivity index (χ0) is 21.0. The standard InChI is InChI=1S/C26H24ClN3O/c27-21-11-9-20(10-12-21)25-24-8-4-5-17-28-26(24)30(29-25)22-13-15-23(16-14-22)31-18-19-6-2-1-3-7-19/h1-3,6-7,9-16,28H,4-5,8,17-18H2. The Hall–Kier alpha value is -3.24. The average molecular weight is 430 g/mol. The summed E-state index contributed by atoms with van der Waals surface area (Å²) < 4.78 is 7.96. The second-order valence-corrected chi connectivity index (χ2v) is 8.18. The lowest BCUT2D eigenvalue weighted by molar-refractivity contribution is 0.306. The molecule has 1 N–H and O–H groups in total. The maximum Gasteiger partial charge on any atom is 0.133 e. The number of aromatic nitrogens is 2. The highest BCUT2D eigenvalue weighted by atomic mass is 35.5. The first-order valence-corrected chi connectivity index (χ1v) is 11.0. The van der Waals surface area contributed by atoms with Crippen LogP contribution in [0.2, 0.25) is 5.02 Å². The second-order valence-electron chi connectivity index (χ2n) is 7.75. The molecule has 1 aliphatic rings. The predicted octanol–water partition coefficient (Wildman–Crippen LogP) is 6.52. The highest BCUT2D eigenvalue weighted by Gasteiger charge is 2.21. The molecule has 5 heteroatoms.